The Kier molecular flexibility index (Phi) is 5.40. The maximum Gasteiger partial charge on any atom is 0.432 e. The third-order valence-electron chi connectivity index (χ3n) is 6.38. The van der Waals surface area contributed by atoms with Gasteiger partial charge in [-0.25, -0.2) is 22.0 Å². The van der Waals surface area contributed by atoms with E-state index in [0.29, 0.717) is 12.6 Å². The standard InChI is InChI=1S/C21H20BF7O/c1-19(2)9-22(10-20(19,3)4)11-5-13(23)17(14(24)6-11)21(28,29)30-12-7-15(25)18(27)16(26)8-12/h5-8H,9-10H2,1-4H3. The lowest BCUT2D eigenvalue weighted by Gasteiger charge is -2.35. The van der Waals surface area contributed by atoms with Gasteiger partial charge >= 0.3 is 6.11 Å². The summed E-state index contributed by atoms with van der Waals surface area (Å²) in [5, 5.41) is 0. The van der Waals surface area contributed by atoms with Gasteiger partial charge in [0, 0.05) is 12.1 Å². The van der Waals surface area contributed by atoms with Crippen molar-refractivity contribution in [2.45, 2.75) is 46.4 Å². The number of hydrogen-bond acceptors (Lipinski definition) is 1. The number of halogens is 7. The summed E-state index contributed by atoms with van der Waals surface area (Å²) < 4.78 is 102. The zero-order chi connectivity index (χ0) is 22.6. The Morgan fingerprint density at radius 2 is 1.20 bits per heavy atom. The first kappa shape index (κ1) is 22.5. The molecular weight excluding hydrogens is 412 g/mol. The van der Waals surface area contributed by atoms with Crippen LogP contribution in [0.15, 0.2) is 24.3 Å². The lowest BCUT2D eigenvalue weighted by Crippen LogP contribution is -2.32. The lowest BCUT2D eigenvalue weighted by atomic mass is 9.42. The van der Waals surface area contributed by atoms with E-state index in [-0.39, 0.29) is 35.1 Å². The molecule has 0 radical (unpaired) electrons. The highest BCUT2D eigenvalue weighted by Crippen LogP contribution is 2.52. The minimum Gasteiger partial charge on any atom is -0.429 e. The summed E-state index contributed by atoms with van der Waals surface area (Å²) in [6, 6.07) is 2.01. The zero-order valence-corrected chi connectivity index (χ0v) is 16.9. The molecule has 1 saturated heterocycles. The number of alkyl halides is 2. The van der Waals surface area contributed by atoms with Crippen molar-refractivity contribution in [2.24, 2.45) is 10.8 Å². The van der Waals surface area contributed by atoms with Crippen LogP contribution in [0.2, 0.25) is 12.6 Å². The second-order valence-corrected chi connectivity index (χ2v) is 9.05. The van der Waals surface area contributed by atoms with Gasteiger partial charge in [0.25, 0.3) is 0 Å². The van der Waals surface area contributed by atoms with Crippen molar-refractivity contribution >= 4 is 12.2 Å². The molecule has 162 valence electrons. The fourth-order valence-electron chi connectivity index (χ4n) is 3.99. The van der Waals surface area contributed by atoms with Crippen LogP contribution in [0.25, 0.3) is 0 Å². The van der Waals surface area contributed by atoms with Gasteiger partial charge in [-0.1, -0.05) is 45.8 Å². The number of benzene rings is 2. The molecule has 0 aliphatic carbocycles. The predicted octanol–water partition coefficient (Wildman–Crippen LogP) is 6.28. The molecule has 0 saturated carbocycles. The van der Waals surface area contributed by atoms with Crippen LogP contribution in [0.1, 0.15) is 33.3 Å². The van der Waals surface area contributed by atoms with Gasteiger partial charge in [0.2, 0.25) is 0 Å². The van der Waals surface area contributed by atoms with Crippen LogP contribution < -0.4 is 10.2 Å². The fourth-order valence-corrected chi connectivity index (χ4v) is 3.99. The monoisotopic (exact) mass is 432 g/mol. The molecule has 1 aliphatic heterocycles. The summed E-state index contributed by atoms with van der Waals surface area (Å²) in [6.45, 7) is 7.94. The predicted molar refractivity (Wildman–Crippen MR) is 99.8 cm³/mol. The molecule has 1 nitrogen and oxygen atoms in total. The van der Waals surface area contributed by atoms with Crippen LogP contribution in [0.5, 0.6) is 5.75 Å². The van der Waals surface area contributed by atoms with Gasteiger partial charge in [-0.15, -0.1) is 0 Å². The van der Waals surface area contributed by atoms with Crippen molar-refractivity contribution in [3.63, 3.8) is 0 Å². The molecule has 0 amide bonds. The van der Waals surface area contributed by atoms with E-state index in [0.717, 1.165) is 12.1 Å². The van der Waals surface area contributed by atoms with Crippen molar-refractivity contribution < 1.29 is 35.5 Å². The Morgan fingerprint density at radius 1 is 0.767 bits per heavy atom. The molecule has 2 aromatic carbocycles. The second kappa shape index (κ2) is 7.20. The van der Waals surface area contributed by atoms with Crippen LogP contribution in [0.4, 0.5) is 30.7 Å². The lowest BCUT2D eigenvalue weighted by molar-refractivity contribution is -0.189. The first-order valence-corrected chi connectivity index (χ1v) is 9.35. The molecule has 1 fully saturated rings. The van der Waals surface area contributed by atoms with Crippen LogP contribution in [-0.4, -0.2) is 6.71 Å². The first-order chi connectivity index (χ1) is 13.6. The molecule has 30 heavy (non-hydrogen) atoms. The summed E-state index contributed by atoms with van der Waals surface area (Å²) in [5.41, 5.74) is -1.67. The quantitative estimate of drug-likeness (QED) is 0.314. The Hall–Kier alpha value is -2.19. The Bertz CT molecular complexity index is 925. The third-order valence-corrected chi connectivity index (χ3v) is 6.38. The van der Waals surface area contributed by atoms with E-state index in [9.17, 15) is 30.7 Å². The summed E-state index contributed by atoms with van der Waals surface area (Å²) in [5.74, 6) is -9.62. The number of hydrogen-bond donors (Lipinski definition) is 0. The van der Waals surface area contributed by atoms with Gasteiger partial charge < -0.3 is 4.74 Å². The van der Waals surface area contributed by atoms with Crippen LogP contribution in [-0.2, 0) is 6.11 Å². The van der Waals surface area contributed by atoms with Crippen LogP contribution in [0, 0.1) is 39.9 Å². The molecular formula is C21H20BF7O. The molecule has 1 aliphatic rings. The highest BCUT2D eigenvalue weighted by atomic mass is 19.3. The van der Waals surface area contributed by atoms with Crippen molar-refractivity contribution in [3.8, 4) is 5.75 Å². The summed E-state index contributed by atoms with van der Waals surface area (Å²) in [4.78, 5) is 0. The van der Waals surface area contributed by atoms with E-state index in [1.54, 1.807) is 0 Å². The van der Waals surface area contributed by atoms with E-state index in [1.807, 2.05) is 27.7 Å². The van der Waals surface area contributed by atoms with Crippen molar-refractivity contribution in [1.82, 2.24) is 0 Å². The minimum atomic E-state index is -4.59. The average Bonchev–Trinajstić information content (AvgIpc) is 2.79. The summed E-state index contributed by atoms with van der Waals surface area (Å²) in [7, 11) is 0. The normalized spacial score (nSPS) is 18.0. The molecule has 0 aromatic heterocycles. The van der Waals surface area contributed by atoms with Crippen molar-refractivity contribution in [1.29, 1.82) is 0 Å². The maximum atomic E-state index is 14.6. The van der Waals surface area contributed by atoms with Gasteiger partial charge in [-0.2, -0.15) is 8.78 Å². The second-order valence-electron chi connectivity index (χ2n) is 9.05. The van der Waals surface area contributed by atoms with Crippen LogP contribution >= 0.6 is 0 Å². The van der Waals surface area contributed by atoms with E-state index in [2.05, 4.69) is 4.74 Å². The number of ether oxygens (including phenoxy) is 1. The zero-order valence-electron chi connectivity index (χ0n) is 16.9. The summed E-state index contributed by atoms with van der Waals surface area (Å²) >= 11 is 0. The largest absolute Gasteiger partial charge is 0.432 e. The van der Waals surface area contributed by atoms with Crippen molar-refractivity contribution in [2.75, 3.05) is 0 Å². The molecule has 1 heterocycles. The fraction of sp³-hybridized carbons (Fsp3) is 0.429. The minimum absolute atomic E-state index is 0.118. The van der Waals surface area contributed by atoms with Crippen LogP contribution in [0.3, 0.4) is 0 Å². The SMILES string of the molecule is CC1(C)CB(c2cc(F)c(C(F)(F)Oc3cc(F)c(F)c(F)c3)c(F)c2)CC1(C)C. The molecule has 2 aromatic rings. The van der Waals surface area contributed by atoms with Gasteiger partial charge in [0.15, 0.2) is 24.2 Å². The molecule has 0 unspecified atom stereocenters. The van der Waals surface area contributed by atoms with E-state index >= 15 is 0 Å². The van der Waals surface area contributed by atoms with E-state index in [1.165, 1.54) is 0 Å². The maximum absolute atomic E-state index is 14.6. The first-order valence-electron chi connectivity index (χ1n) is 9.35. The number of rotatable bonds is 4. The molecule has 0 bridgehead atoms. The van der Waals surface area contributed by atoms with Gasteiger partial charge in [-0.3, -0.25) is 0 Å². The van der Waals surface area contributed by atoms with E-state index in [4.69, 9.17) is 0 Å². The molecule has 0 atom stereocenters. The average molecular weight is 432 g/mol. The highest BCUT2D eigenvalue weighted by Gasteiger charge is 2.49. The molecule has 9 heteroatoms. The third kappa shape index (κ3) is 3.90. The van der Waals surface area contributed by atoms with Gasteiger partial charge in [-0.05, 0) is 23.0 Å². The molecule has 3 rings (SSSR count). The smallest absolute Gasteiger partial charge is 0.429 e. The Morgan fingerprint density at radius 3 is 1.63 bits per heavy atom. The molecule has 0 spiro atoms. The highest BCUT2D eigenvalue weighted by molar-refractivity contribution is 6.74. The Balaban J connectivity index is 1.93. The Labute approximate surface area is 170 Å². The van der Waals surface area contributed by atoms with Crippen molar-refractivity contribution in [3.05, 3.63) is 58.9 Å². The summed E-state index contributed by atoms with van der Waals surface area (Å²) in [6.07, 6.45) is -3.34. The van der Waals surface area contributed by atoms with Gasteiger partial charge in [0.1, 0.15) is 22.9 Å². The van der Waals surface area contributed by atoms with E-state index < -0.39 is 46.5 Å². The molecule has 0 N–H and O–H groups in total. The topological polar surface area (TPSA) is 9.23 Å². The van der Waals surface area contributed by atoms with Gasteiger partial charge in [0.05, 0.1) is 0 Å².